The molecule has 0 aromatic heterocycles. The average Bonchev–Trinajstić information content (AvgIpc) is 2.81. The molecular weight excluding hydrogens is 410 g/mol. The van der Waals surface area contributed by atoms with Gasteiger partial charge >= 0.3 is 0 Å². The van der Waals surface area contributed by atoms with Crippen LogP contribution in [0, 0.1) is 0 Å². The van der Waals surface area contributed by atoms with Crippen molar-refractivity contribution < 1.29 is 9.59 Å². The van der Waals surface area contributed by atoms with Gasteiger partial charge in [-0.25, -0.2) is 0 Å². The van der Waals surface area contributed by atoms with Crippen molar-refractivity contribution in [2.45, 2.75) is 161 Å². The summed E-state index contributed by atoms with van der Waals surface area (Å²) in [6.07, 6.45) is 23.9. The molecular formula is C28H57N3O2. The maximum atomic E-state index is 12.5. The molecule has 0 saturated carbocycles. The highest BCUT2D eigenvalue weighted by molar-refractivity contribution is 5.80. The van der Waals surface area contributed by atoms with Crippen LogP contribution >= 0.6 is 0 Å². The van der Waals surface area contributed by atoms with E-state index >= 15 is 0 Å². The van der Waals surface area contributed by atoms with Gasteiger partial charge in [0.1, 0.15) is 0 Å². The van der Waals surface area contributed by atoms with Gasteiger partial charge in [0.25, 0.3) is 0 Å². The summed E-state index contributed by atoms with van der Waals surface area (Å²) in [7, 11) is 1.79. The third-order valence-electron chi connectivity index (χ3n) is 6.68. The lowest BCUT2D eigenvalue weighted by atomic mass is 10.1. The summed E-state index contributed by atoms with van der Waals surface area (Å²) in [5.74, 6) is -0.817. The van der Waals surface area contributed by atoms with E-state index in [1.807, 2.05) is 6.92 Å². The Hall–Kier alpha value is -1.10. The first-order chi connectivity index (χ1) is 16.0. The molecule has 0 aromatic carbocycles. The van der Waals surface area contributed by atoms with Crippen molar-refractivity contribution in [3.63, 3.8) is 0 Å². The molecule has 196 valence electrons. The molecule has 0 saturated heterocycles. The molecule has 33 heavy (non-hydrogen) atoms. The molecule has 0 spiro atoms. The molecule has 0 unspecified atom stereocenters. The van der Waals surface area contributed by atoms with E-state index in [9.17, 15) is 9.59 Å². The number of carbonyl (C=O) groups excluding carboxylic acids is 2. The second kappa shape index (κ2) is 22.7. The first-order valence-corrected chi connectivity index (χ1v) is 14.3. The van der Waals surface area contributed by atoms with Crippen LogP contribution < -0.4 is 16.0 Å². The normalized spacial score (nSPS) is 11.5. The SMILES string of the molecule is CCCCCCCCCCCC(=O)NC(CC)(NC)NC(=O)CCCCCCCCCCC. The van der Waals surface area contributed by atoms with Gasteiger partial charge in [0.2, 0.25) is 11.8 Å². The number of nitrogens with one attached hydrogen (secondary N) is 3. The third kappa shape index (κ3) is 19.0. The topological polar surface area (TPSA) is 70.2 Å². The minimum absolute atomic E-state index is 0.0116. The molecule has 0 aliphatic carbocycles. The van der Waals surface area contributed by atoms with E-state index in [1.54, 1.807) is 7.05 Å². The maximum absolute atomic E-state index is 12.5. The molecule has 0 rings (SSSR count). The number of hydrogen-bond donors (Lipinski definition) is 3. The van der Waals surface area contributed by atoms with Crippen molar-refractivity contribution in [3.8, 4) is 0 Å². The van der Waals surface area contributed by atoms with Crippen molar-refractivity contribution in [1.82, 2.24) is 16.0 Å². The van der Waals surface area contributed by atoms with Gasteiger partial charge < -0.3 is 10.6 Å². The van der Waals surface area contributed by atoms with E-state index < -0.39 is 5.79 Å². The smallest absolute Gasteiger partial charge is 0.222 e. The Morgan fingerprint density at radius 2 is 0.818 bits per heavy atom. The second-order valence-corrected chi connectivity index (χ2v) is 9.76. The fourth-order valence-corrected chi connectivity index (χ4v) is 4.30. The zero-order valence-electron chi connectivity index (χ0n) is 22.7. The summed E-state index contributed by atoms with van der Waals surface area (Å²) >= 11 is 0. The largest absolute Gasteiger partial charge is 0.321 e. The van der Waals surface area contributed by atoms with Crippen LogP contribution in [0.3, 0.4) is 0 Å². The van der Waals surface area contributed by atoms with Gasteiger partial charge in [-0.15, -0.1) is 0 Å². The molecule has 5 heteroatoms. The van der Waals surface area contributed by atoms with Crippen LogP contribution in [-0.4, -0.2) is 24.6 Å². The lowest BCUT2D eigenvalue weighted by molar-refractivity contribution is -0.128. The molecule has 2 amide bonds. The van der Waals surface area contributed by atoms with Crippen LogP contribution in [0.15, 0.2) is 0 Å². The summed E-state index contributed by atoms with van der Waals surface area (Å²) in [5, 5.41) is 9.21. The summed E-state index contributed by atoms with van der Waals surface area (Å²) in [6, 6.07) is 0. The summed E-state index contributed by atoms with van der Waals surface area (Å²) in [5.41, 5.74) is 0. The van der Waals surface area contributed by atoms with Gasteiger partial charge in [-0.2, -0.15) is 0 Å². The van der Waals surface area contributed by atoms with E-state index in [-0.39, 0.29) is 11.8 Å². The zero-order valence-corrected chi connectivity index (χ0v) is 22.7. The van der Waals surface area contributed by atoms with Crippen LogP contribution in [-0.2, 0) is 9.59 Å². The van der Waals surface area contributed by atoms with Crippen LogP contribution in [0.5, 0.6) is 0 Å². The van der Waals surface area contributed by atoms with Crippen LogP contribution in [0.1, 0.15) is 156 Å². The number of hydrogen-bond acceptors (Lipinski definition) is 3. The fraction of sp³-hybridized carbons (Fsp3) is 0.929. The van der Waals surface area contributed by atoms with E-state index in [4.69, 9.17) is 0 Å². The second-order valence-electron chi connectivity index (χ2n) is 9.76. The molecule has 5 nitrogen and oxygen atoms in total. The van der Waals surface area contributed by atoms with Crippen LogP contribution in [0.25, 0.3) is 0 Å². The van der Waals surface area contributed by atoms with Crippen molar-refractivity contribution in [3.05, 3.63) is 0 Å². The number of rotatable bonds is 24. The monoisotopic (exact) mass is 467 g/mol. The zero-order chi connectivity index (χ0) is 24.6. The molecule has 0 heterocycles. The molecule has 0 bridgehead atoms. The first-order valence-electron chi connectivity index (χ1n) is 14.3. The quantitative estimate of drug-likeness (QED) is 0.103. The summed E-state index contributed by atoms with van der Waals surface area (Å²) < 4.78 is 0. The van der Waals surface area contributed by atoms with Gasteiger partial charge in [-0.1, -0.05) is 124 Å². The number of amides is 2. The van der Waals surface area contributed by atoms with Crippen LogP contribution in [0.2, 0.25) is 0 Å². The highest BCUT2D eigenvalue weighted by Gasteiger charge is 2.29. The average molecular weight is 468 g/mol. The van der Waals surface area contributed by atoms with Crippen LogP contribution in [0.4, 0.5) is 0 Å². The molecule has 0 aliphatic heterocycles. The number of carbonyl (C=O) groups is 2. The fourth-order valence-electron chi connectivity index (χ4n) is 4.30. The predicted molar refractivity (Wildman–Crippen MR) is 142 cm³/mol. The Morgan fingerprint density at radius 1 is 0.515 bits per heavy atom. The van der Waals surface area contributed by atoms with Crippen molar-refractivity contribution in [1.29, 1.82) is 0 Å². The highest BCUT2D eigenvalue weighted by Crippen LogP contribution is 2.13. The number of unbranched alkanes of at least 4 members (excludes halogenated alkanes) is 16. The Labute approximate surface area is 206 Å². The molecule has 3 N–H and O–H groups in total. The minimum atomic E-state index is -0.841. The van der Waals surface area contributed by atoms with Crippen molar-refractivity contribution in [2.75, 3.05) is 7.05 Å². The standard InChI is InChI=1S/C28H57N3O2/c1-5-8-10-12-14-16-18-20-22-24-26(32)30-28(7-3,29-4)31-27(33)25-23-21-19-17-15-13-11-9-6-2/h29H,5-25H2,1-4H3,(H,30,32)(H,31,33). The maximum Gasteiger partial charge on any atom is 0.222 e. The van der Waals surface area contributed by atoms with Gasteiger partial charge in [-0.05, 0) is 19.9 Å². The molecule has 0 radical (unpaired) electrons. The van der Waals surface area contributed by atoms with Crippen molar-refractivity contribution >= 4 is 11.8 Å². The third-order valence-corrected chi connectivity index (χ3v) is 6.68. The molecule has 0 aliphatic rings. The van der Waals surface area contributed by atoms with E-state index in [0.717, 1.165) is 25.7 Å². The molecule has 0 aromatic rings. The van der Waals surface area contributed by atoms with Crippen molar-refractivity contribution in [2.24, 2.45) is 0 Å². The van der Waals surface area contributed by atoms with Gasteiger partial charge in [0.15, 0.2) is 5.79 Å². The summed E-state index contributed by atoms with van der Waals surface area (Å²) in [6.45, 7) is 6.47. The summed E-state index contributed by atoms with van der Waals surface area (Å²) in [4.78, 5) is 25.0. The Morgan fingerprint density at radius 3 is 1.09 bits per heavy atom. The lowest BCUT2D eigenvalue weighted by Gasteiger charge is -2.34. The Bertz CT molecular complexity index is 426. The minimum Gasteiger partial charge on any atom is -0.321 e. The molecule has 0 atom stereocenters. The van der Waals surface area contributed by atoms with Gasteiger partial charge in [-0.3, -0.25) is 14.9 Å². The van der Waals surface area contributed by atoms with Gasteiger partial charge in [0.05, 0.1) is 0 Å². The van der Waals surface area contributed by atoms with E-state index in [0.29, 0.717) is 19.3 Å². The Balaban J connectivity index is 3.99. The van der Waals surface area contributed by atoms with Gasteiger partial charge in [0, 0.05) is 19.3 Å². The van der Waals surface area contributed by atoms with E-state index in [2.05, 4.69) is 29.8 Å². The molecule has 0 fully saturated rings. The lowest BCUT2D eigenvalue weighted by Crippen LogP contribution is -2.67. The first kappa shape index (κ1) is 31.9. The highest BCUT2D eigenvalue weighted by atomic mass is 16.2. The Kier molecular flexibility index (Phi) is 21.9. The van der Waals surface area contributed by atoms with E-state index in [1.165, 1.54) is 89.9 Å². The predicted octanol–water partition coefficient (Wildman–Crippen LogP) is 7.34.